The number of amides is 1. The van der Waals surface area contributed by atoms with E-state index in [-0.39, 0.29) is 58.8 Å². The number of fused-ring (bicyclic) bond motifs is 5. The molecule has 12 heteroatoms. The van der Waals surface area contributed by atoms with Crippen LogP contribution in [0.15, 0.2) is 65.8 Å². The van der Waals surface area contributed by atoms with Crippen molar-refractivity contribution in [1.82, 2.24) is 24.8 Å². The lowest BCUT2D eigenvalue weighted by Gasteiger charge is -2.32. The van der Waals surface area contributed by atoms with Gasteiger partial charge in [-0.15, -0.1) is 0 Å². The molecule has 2 aliphatic rings. The smallest absolute Gasteiger partial charge is 0.264 e. The third-order valence-corrected chi connectivity index (χ3v) is 9.88. The molecule has 2 aliphatic heterocycles. The number of ether oxygens (including phenoxy) is 2. The standard InChI is InChI=1S/C34H38N6O5S/c1-19(2)26-14-28(32-35-16-24(17-36-32)45-20(3)4)40-29(26)18-44-30-15-27(31-21(5)9-7-10-22(31)6)37-34(38-30)39-46(42,43)25-12-8-11-23(13-25)33(40)41/h7-13,15-17,19-20,26,28-29H,14,18H2,1-6H3,(H,37,38,39). The number of carbonyl (C=O) groups is 1. The number of hydrogen-bond donors (Lipinski definition) is 1. The fourth-order valence-corrected chi connectivity index (χ4v) is 7.42. The first-order valence-electron chi connectivity index (χ1n) is 15.4. The molecular formula is C34H38N6O5S. The van der Waals surface area contributed by atoms with Gasteiger partial charge < -0.3 is 14.4 Å². The van der Waals surface area contributed by atoms with Gasteiger partial charge in [-0.2, -0.15) is 4.98 Å². The Bertz CT molecular complexity index is 1860. The van der Waals surface area contributed by atoms with Crippen molar-refractivity contribution in [3.8, 4) is 22.9 Å². The lowest BCUT2D eigenvalue weighted by molar-refractivity contribution is 0.0553. The molecule has 4 bridgehead atoms. The van der Waals surface area contributed by atoms with E-state index in [2.05, 4.69) is 38.5 Å². The predicted octanol–water partition coefficient (Wildman–Crippen LogP) is 5.76. The highest BCUT2D eigenvalue weighted by atomic mass is 32.2. The molecular weight excluding hydrogens is 604 g/mol. The highest BCUT2D eigenvalue weighted by molar-refractivity contribution is 7.92. The first-order valence-corrected chi connectivity index (χ1v) is 16.9. The number of sulfonamides is 1. The maximum absolute atomic E-state index is 14.4. The van der Waals surface area contributed by atoms with Crippen LogP contribution in [0.2, 0.25) is 0 Å². The van der Waals surface area contributed by atoms with Crippen molar-refractivity contribution in [2.45, 2.75) is 71.0 Å². The van der Waals surface area contributed by atoms with E-state index in [1.165, 1.54) is 12.1 Å². The van der Waals surface area contributed by atoms with Crippen LogP contribution in [-0.2, 0) is 10.0 Å². The van der Waals surface area contributed by atoms with Crippen LogP contribution < -0.4 is 14.2 Å². The minimum absolute atomic E-state index is 0.0266. The van der Waals surface area contributed by atoms with Gasteiger partial charge in [-0.3, -0.25) is 4.79 Å². The van der Waals surface area contributed by atoms with Crippen LogP contribution in [0, 0.1) is 25.7 Å². The highest BCUT2D eigenvalue weighted by Gasteiger charge is 2.47. The van der Waals surface area contributed by atoms with E-state index in [0.717, 1.165) is 16.7 Å². The Labute approximate surface area is 269 Å². The quantitative estimate of drug-likeness (QED) is 0.288. The second-order valence-electron chi connectivity index (χ2n) is 12.5. The Balaban J connectivity index is 1.49. The molecule has 2 aromatic carbocycles. The summed E-state index contributed by atoms with van der Waals surface area (Å²) in [5, 5.41) is 0. The third kappa shape index (κ3) is 6.13. The van der Waals surface area contributed by atoms with Crippen molar-refractivity contribution in [1.29, 1.82) is 0 Å². The van der Waals surface area contributed by atoms with E-state index in [1.54, 1.807) is 35.5 Å². The van der Waals surface area contributed by atoms with Crippen LogP contribution >= 0.6 is 0 Å². The summed E-state index contributed by atoms with van der Waals surface area (Å²) in [7, 11) is -4.17. The summed E-state index contributed by atoms with van der Waals surface area (Å²) in [5.74, 6) is 0.974. The molecule has 4 aromatic rings. The van der Waals surface area contributed by atoms with Crippen LogP contribution in [-0.4, -0.2) is 57.9 Å². The maximum Gasteiger partial charge on any atom is 0.264 e. The Morgan fingerprint density at radius 3 is 2.35 bits per heavy atom. The molecule has 11 nitrogen and oxygen atoms in total. The molecule has 6 rings (SSSR count). The van der Waals surface area contributed by atoms with Crippen molar-refractivity contribution >= 4 is 21.9 Å². The summed E-state index contributed by atoms with van der Waals surface area (Å²) in [4.78, 5) is 34.4. The van der Waals surface area contributed by atoms with E-state index >= 15 is 0 Å². The van der Waals surface area contributed by atoms with Crippen molar-refractivity contribution in [2.24, 2.45) is 11.8 Å². The van der Waals surface area contributed by atoms with Crippen LogP contribution in [0.5, 0.6) is 11.6 Å². The molecule has 1 N–H and O–H groups in total. The van der Waals surface area contributed by atoms with Crippen LogP contribution in [0.25, 0.3) is 11.3 Å². The van der Waals surface area contributed by atoms with Gasteiger partial charge in [-0.1, -0.05) is 38.1 Å². The van der Waals surface area contributed by atoms with Gasteiger partial charge in [-0.05, 0) is 75.3 Å². The Morgan fingerprint density at radius 1 is 0.978 bits per heavy atom. The topological polar surface area (TPSA) is 136 Å². The predicted molar refractivity (Wildman–Crippen MR) is 173 cm³/mol. The molecule has 0 spiro atoms. The summed E-state index contributed by atoms with van der Waals surface area (Å²) < 4.78 is 41.9. The fourth-order valence-electron chi connectivity index (χ4n) is 6.43. The molecule has 1 saturated heterocycles. The van der Waals surface area contributed by atoms with Crippen molar-refractivity contribution in [3.05, 3.63) is 83.4 Å². The summed E-state index contributed by atoms with van der Waals surface area (Å²) in [6.45, 7) is 12.2. The number of aryl methyl sites for hydroxylation is 2. The molecule has 46 heavy (non-hydrogen) atoms. The number of nitrogens with zero attached hydrogens (tertiary/aromatic N) is 5. The molecule has 3 unspecified atom stereocenters. The lowest BCUT2D eigenvalue weighted by Crippen LogP contribution is -2.44. The van der Waals surface area contributed by atoms with Gasteiger partial charge in [0.15, 0.2) is 11.6 Å². The monoisotopic (exact) mass is 642 g/mol. The van der Waals surface area contributed by atoms with Gasteiger partial charge in [0.25, 0.3) is 15.9 Å². The normalized spacial score (nSPS) is 20.7. The van der Waals surface area contributed by atoms with Gasteiger partial charge in [-0.25, -0.2) is 28.1 Å². The zero-order valence-corrected chi connectivity index (χ0v) is 27.6. The minimum atomic E-state index is -4.17. The number of benzene rings is 2. The Hall–Kier alpha value is -4.58. The largest absolute Gasteiger partial charge is 0.488 e. The fraction of sp³-hybridized carbons (Fsp3) is 0.382. The third-order valence-electron chi connectivity index (χ3n) is 8.55. The molecule has 3 atom stereocenters. The summed E-state index contributed by atoms with van der Waals surface area (Å²) >= 11 is 0. The number of aromatic nitrogens is 4. The average molecular weight is 643 g/mol. The number of rotatable bonds is 5. The van der Waals surface area contributed by atoms with Crippen LogP contribution in [0.3, 0.4) is 0 Å². The first kappa shape index (κ1) is 31.4. The highest BCUT2D eigenvalue weighted by Crippen LogP contribution is 2.44. The molecule has 1 fully saturated rings. The van der Waals surface area contributed by atoms with E-state index in [9.17, 15) is 13.2 Å². The Kier molecular flexibility index (Phi) is 8.41. The van der Waals surface area contributed by atoms with E-state index in [0.29, 0.717) is 23.7 Å². The zero-order valence-electron chi connectivity index (χ0n) is 26.8. The number of hydrogen-bond acceptors (Lipinski definition) is 9. The zero-order chi connectivity index (χ0) is 32.7. The number of carbonyl (C=O) groups excluding carboxylic acids is 1. The van der Waals surface area contributed by atoms with Crippen LogP contribution in [0.4, 0.5) is 5.95 Å². The average Bonchev–Trinajstić information content (AvgIpc) is 3.39. The van der Waals surface area contributed by atoms with E-state index in [4.69, 9.17) is 9.47 Å². The molecule has 0 aliphatic carbocycles. The molecule has 4 heterocycles. The molecule has 1 amide bonds. The molecule has 0 radical (unpaired) electrons. The van der Waals surface area contributed by atoms with Crippen molar-refractivity contribution in [3.63, 3.8) is 0 Å². The van der Waals surface area contributed by atoms with E-state index in [1.807, 2.05) is 45.9 Å². The second-order valence-corrected chi connectivity index (χ2v) is 14.2. The second kappa shape index (κ2) is 12.3. The summed E-state index contributed by atoms with van der Waals surface area (Å²) in [6, 6.07) is 12.8. The number of anilines is 1. The van der Waals surface area contributed by atoms with E-state index < -0.39 is 16.1 Å². The SMILES string of the molecule is Cc1cccc(C)c1-c1cc2nc(n1)NS(=O)(=O)c1cccc(c1)C(=O)N1C(c3ncc(OC(C)C)cn3)CC(C(C)C)C1CO2. The lowest BCUT2D eigenvalue weighted by atomic mass is 9.88. The van der Waals surface area contributed by atoms with Gasteiger partial charge in [0.1, 0.15) is 6.61 Å². The Morgan fingerprint density at radius 2 is 1.67 bits per heavy atom. The van der Waals surface area contributed by atoms with Crippen molar-refractivity contribution in [2.75, 3.05) is 11.3 Å². The van der Waals surface area contributed by atoms with Gasteiger partial charge in [0.05, 0.1) is 41.2 Å². The molecule has 0 saturated carbocycles. The summed E-state index contributed by atoms with van der Waals surface area (Å²) in [6.07, 6.45) is 3.81. The van der Waals surface area contributed by atoms with Gasteiger partial charge in [0, 0.05) is 17.2 Å². The summed E-state index contributed by atoms with van der Waals surface area (Å²) in [5.41, 5.74) is 3.57. The first-order chi connectivity index (χ1) is 21.9. The number of nitrogens with one attached hydrogen (secondary N) is 1. The van der Waals surface area contributed by atoms with Crippen molar-refractivity contribution < 1.29 is 22.7 Å². The van der Waals surface area contributed by atoms with Gasteiger partial charge >= 0.3 is 0 Å². The molecule has 2 aromatic heterocycles. The minimum Gasteiger partial charge on any atom is -0.488 e. The van der Waals surface area contributed by atoms with Gasteiger partial charge in [0.2, 0.25) is 11.8 Å². The van der Waals surface area contributed by atoms with Crippen LogP contribution in [0.1, 0.15) is 67.5 Å². The maximum atomic E-state index is 14.4. The molecule has 240 valence electrons.